The molecule has 0 unspecified atom stereocenters. The molecular weight excluding hydrogens is 214 g/mol. The predicted molar refractivity (Wildman–Crippen MR) is 63.4 cm³/mol. The maximum Gasteiger partial charge on any atom is 0.230 e. The lowest BCUT2D eigenvalue weighted by Crippen LogP contribution is -2.32. The number of carbonyl (C=O) groups excluding carboxylic acids is 2. The highest BCUT2D eigenvalue weighted by Gasteiger charge is 2.47. The Morgan fingerprint density at radius 2 is 1.82 bits per heavy atom. The molecule has 17 heavy (non-hydrogen) atoms. The first kappa shape index (κ1) is 10.5. The number of amides is 2. The van der Waals surface area contributed by atoms with Gasteiger partial charge in [0.05, 0.1) is 0 Å². The third-order valence-corrected chi connectivity index (χ3v) is 3.89. The Balaban J connectivity index is 1.93. The molecule has 88 valence electrons. The number of nitrogens with zero attached hydrogens (tertiary/aromatic N) is 1. The zero-order valence-corrected chi connectivity index (χ0v) is 9.85. The van der Waals surface area contributed by atoms with Crippen LogP contribution >= 0.6 is 0 Å². The average molecular weight is 229 g/mol. The van der Waals surface area contributed by atoms with E-state index in [9.17, 15) is 9.59 Å². The van der Waals surface area contributed by atoms with E-state index in [1.165, 1.54) is 16.0 Å². The van der Waals surface area contributed by atoms with Gasteiger partial charge in [0.25, 0.3) is 0 Å². The molecule has 2 heterocycles. The molecule has 2 saturated heterocycles. The summed E-state index contributed by atoms with van der Waals surface area (Å²) in [6.45, 7) is 2.05. The van der Waals surface area contributed by atoms with Gasteiger partial charge >= 0.3 is 0 Å². The molecule has 0 spiro atoms. The van der Waals surface area contributed by atoms with E-state index in [1.54, 1.807) is 0 Å². The number of aryl methyl sites for hydroxylation is 1. The van der Waals surface area contributed by atoms with Gasteiger partial charge in [-0.05, 0) is 18.9 Å². The van der Waals surface area contributed by atoms with Gasteiger partial charge in [-0.1, -0.05) is 29.8 Å². The van der Waals surface area contributed by atoms with Crippen molar-refractivity contribution in [2.75, 3.05) is 0 Å². The number of hydrogen-bond donors (Lipinski definition) is 0. The standard InChI is InChI=1S/C14H15NO2/c1-9-2-4-10(5-3-9)11-8-14(17)15-12(11)6-7-13(15)16/h2-5,11-12H,6-8H2,1H3/t11-,12+/m0/s1. The van der Waals surface area contributed by atoms with E-state index in [-0.39, 0.29) is 23.8 Å². The van der Waals surface area contributed by atoms with Gasteiger partial charge in [-0.2, -0.15) is 0 Å². The quantitative estimate of drug-likeness (QED) is 0.691. The number of carbonyl (C=O) groups is 2. The molecule has 0 saturated carbocycles. The molecule has 3 heteroatoms. The summed E-state index contributed by atoms with van der Waals surface area (Å²) in [4.78, 5) is 24.9. The van der Waals surface area contributed by atoms with E-state index in [4.69, 9.17) is 0 Å². The SMILES string of the molecule is Cc1ccc([C@@H]2CC(=O)N3C(=O)CC[C@H]23)cc1. The fourth-order valence-corrected chi connectivity index (χ4v) is 2.99. The molecule has 2 aliphatic rings. The molecule has 0 radical (unpaired) electrons. The smallest absolute Gasteiger partial charge is 0.230 e. The zero-order chi connectivity index (χ0) is 12.0. The van der Waals surface area contributed by atoms with Crippen LogP contribution in [0.1, 0.15) is 36.3 Å². The van der Waals surface area contributed by atoms with E-state index in [1.807, 2.05) is 0 Å². The Bertz CT molecular complexity index is 478. The van der Waals surface area contributed by atoms with Gasteiger partial charge < -0.3 is 0 Å². The summed E-state index contributed by atoms with van der Waals surface area (Å²) in [5, 5.41) is 0. The normalized spacial score (nSPS) is 27.7. The largest absolute Gasteiger partial charge is 0.279 e. The van der Waals surface area contributed by atoms with Crippen LogP contribution in [0.5, 0.6) is 0 Å². The Morgan fingerprint density at radius 3 is 2.53 bits per heavy atom. The molecule has 3 rings (SSSR count). The highest BCUT2D eigenvalue weighted by molar-refractivity contribution is 5.99. The molecule has 2 amide bonds. The monoisotopic (exact) mass is 229 g/mol. The van der Waals surface area contributed by atoms with Crippen molar-refractivity contribution in [1.29, 1.82) is 0 Å². The fourth-order valence-electron chi connectivity index (χ4n) is 2.99. The van der Waals surface area contributed by atoms with E-state index >= 15 is 0 Å². The van der Waals surface area contributed by atoms with Crippen molar-refractivity contribution in [3.63, 3.8) is 0 Å². The molecule has 1 aromatic carbocycles. The van der Waals surface area contributed by atoms with Gasteiger partial charge in [0, 0.05) is 24.8 Å². The van der Waals surface area contributed by atoms with Gasteiger partial charge in [-0.3, -0.25) is 14.5 Å². The van der Waals surface area contributed by atoms with Crippen LogP contribution in [0.2, 0.25) is 0 Å². The Labute approximate surface area is 100 Å². The summed E-state index contributed by atoms with van der Waals surface area (Å²) in [7, 11) is 0. The third-order valence-electron chi connectivity index (χ3n) is 3.89. The summed E-state index contributed by atoms with van der Waals surface area (Å²) >= 11 is 0. The summed E-state index contributed by atoms with van der Waals surface area (Å²) < 4.78 is 0. The molecule has 3 nitrogen and oxygen atoms in total. The second-order valence-electron chi connectivity index (χ2n) is 4.98. The highest BCUT2D eigenvalue weighted by Crippen LogP contribution is 2.40. The highest BCUT2D eigenvalue weighted by atomic mass is 16.2. The maximum absolute atomic E-state index is 11.8. The Morgan fingerprint density at radius 1 is 1.12 bits per heavy atom. The molecule has 1 aromatic rings. The first-order valence-corrected chi connectivity index (χ1v) is 6.08. The van der Waals surface area contributed by atoms with Crippen LogP contribution in [0, 0.1) is 6.92 Å². The lowest BCUT2D eigenvalue weighted by molar-refractivity contribution is -0.140. The van der Waals surface area contributed by atoms with E-state index < -0.39 is 0 Å². The van der Waals surface area contributed by atoms with Gasteiger partial charge in [0.2, 0.25) is 11.8 Å². The molecule has 0 aromatic heterocycles. The van der Waals surface area contributed by atoms with Crippen molar-refractivity contribution in [2.24, 2.45) is 0 Å². The van der Waals surface area contributed by atoms with Crippen LogP contribution < -0.4 is 0 Å². The number of hydrogen-bond acceptors (Lipinski definition) is 2. The topological polar surface area (TPSA) is 37.4 Å². The Kier molecular flexibility index (Phi) is 2.28. The van der Waals surface area contributed by atoms with Gasteiger partial charge in [-0.15, -0.1) is 0 Å². The van der Waals surface area contributed by atoms with Crippen LogP contribution in [-0.4, -0.2) is 22.8 Å². The Hall–Kier alpha value is -1.64. The van der Waals surface area contributed by atoms with Crippen LogP contribution in [0.25, 0.3) is 0 Å². The fraction of sp³-hybridized carbons (Fsp3) is 0.429. The van der Waals surface area contributed by atoms with Crippen LogP contribution in [-0.2, 0) is 9.59 Å². The van der Waals surface area contributed by atoms with Crippen molar-refractivity contribution in [3.05, 3.63) is 35.4 Å². The second kappa shape index (κ2) is 3.69. The number of benzene rings is 1. The maximum atomic E-state index is 11.8. The van der Waals surface area contributed by atoms with Gasteiger partial charge in [-0.25, -0.2) is 0 Å². The van der Waals surface area contributed by atoms with Gasteiger partial charge in [0.15, 0.2) is 0 Å². The van der Waals surface area contributed by atoms with Crippen molar-refractivity contribution in [3.8, 4) is 0 Å². The third kappa shape index (κ3) is 1.57. The van der Waals surface area contributed by atoms with E-state index in [2.05, 4.69) is 31.2 Å². The average Bonchev–Trinajstić information content (AvgIpc) is 2.83. The molecular formula is C14H15NO2. The molecule has 0 aliphatic carbocycles. The van der Waals surface area contributed by atoms with Crippen LogP contribution in [0.15, 0.2) is 24.3 Å². The molecule has 0 N–H and O–H groups in total. The summed E-state index contributed by atoms with van der Waals surface area (Å²) in [6.07, 6.45) is 1.83. The molecule has 2 aliphatic heterocycles. The minimum atomic E-state index is 0.00285. The summed E-state index contributed by atoms with van der Waals surface area (Å²) in [5.41, 5.74) is 2.41. The van der Waals surface area contributed by atoms with Crippen molar-refractivity contribution >= 4 is 11.8 Å². The summed E-state index contributed by atoms with van der Waals surface area (Å²) in [5.74, 6) is 0.215. The second-order valence-corrected chi connectivity index (χ2v) is 4.98. The number of fused-ring (bicyclic) bond motifs is 1. The van der Waals surface area contributed by atoms with E-state index in [0.29, 0.717) is 12.8 Å². The zero-order valence-electron chi connectivity index (χ0n) is 9.85. The van der Waals surface area contributed by atoms with Crippen molar-refractivity contribution in [1.82, 2.24) is 4.90 Å². The first-order valence-electron chi connectivity index (χ1n) is 6.08. The van der Waals surface area contributed by atoms with Crippen molar-refractivity contribution < 1.29 is 9.59 Å². The first-order chi connectivity index (χ1) is 8.16. The predicted octanol–water partition coefficient (Wildman–Crippen LogP) is 2.00. The lowest BCUT2D eigenvalue weighted by atomic mass is 9.90. The molecule has 2 fully saturated rings. The van der Waals surface area contributed by atoms with Crippen LogP contribution in [0.3, 0.4) is 0 Å². The van der Waals surface area contributed by atoms with Crippen LogP contribution in [0.4, 0.5) is 0 Å². The van der Waals surface area contributed by atoms with Gasteiger partial charge in [0.1, 0.15) is 0 Å². The molecule has 2 atom stereocenters. The lowest BCUT2D eigenvalue weighted by Gasteiger charge is -2.19. The number of rotatable bonds is 1. The minimum absolute atomic E-state index is 0.00285. The summed E-state index contributed by atoms with van der Waals surface area (Å²) in [6, 6.07) is 8.41. The minimum Gasteiger partial charge on any atom is -0.279 e. The molecule has 0 bridgehead atoms. The van der Waals surface area contributed by atoms with E-state index in [0.717, 1.165) is 6.42 Å². The van der Waals surface area contributed by atoms with Crippen molar-refractivity contribution in [2.45, 2.75) is 38.1 Å². The number of imide groups is 1.